The van der Waals surface area contributed by atoms with Crippen LogP contribution in [0.3, 0.4) is 0 Å². The molecule has 9 atom stereocenters. The smallest absolute Gasteiger partial charge is 0.326 e. The molecule has 1 aromatic carbocycles. The first-order valence-corrected chi connectivity index (χ1v) is 28.8. The van der Waals surface area contributed by atoms with Crippen LogP contribution >= 0.6 is 0 Å². The molecular weight excluding hydrogens is 1060 g/mol. The largest absolute Gasteiger partial charge is 0.480 e. The molecule has 0 bridgehead atoms. The second kappa shape index (κ2) is 32.1. The Balaban J connectivity index is 1.30. The van der Waals surface area contributed by atoms with E-state index >= 15 is 0 Å². The molecule has 0 spiro atoms. The topological polar surface area (TPSA) is 386 Å². The highest BCUT2D eigenvalue weighted by molar-refractivity contribution is 5.99. The average Bonchev–Trinajstić information content (AvgIpc) is 4.40. The normalized spacial score (nSPS) is 19.1. The monoisotopic (exact) mass is 1150 g/mol. The van der Waals surface area contributed by atoms with Crippen LogP contribution < -0.4 is 43.4 Å². The van der Waals surface area contributed by atoms with Crippen molar-refractivity contribution in [3.63, 3.8) is 0 Å². The molecule has 13 N–H and O–H groups in total. The zero-order valence-electron chi connectivity index (χ0n) is 47.9. The Labute approximate surface area is 478 Å². The minimum atomic E-state index is -1.69. The molecule has 0 radical (unpaired) electrons. The molecule has 1 aromatic heterocycles. The van der Waals surface area contributed by atoms with Crippen molar-refractivity contribution in [2.45, 2.75) is 185 Å². The van der Waals surface area contributed by atoms with E-state index in [1.54, 1.807) is 49.1 Å². The Morgan fingerprint density at radius 1 is 0.671 bits per heavy atom. The molecule has 452 valence electrons. The van der Waals surface area contributed by atoms with Gasteiger partial charge in [0.1, 0.15) is 54.4 Å². The number of nitrogens with one attached hydrogen (secondary N) is 7. The fourth-order valence-corrected chi connectivity index (χ4v) is 10.6. The number of carboxylic acids is 1. The van der Waals surface area contributed by atoms with Crippen molar-refractivity contribution in [3.05, 3.63) is 54.1 Å². The number of carboxylic acid groups (broad SMARTS) is 1. The van der Waals surface area contributed by atoms with Crippen molar-refractivity contribution < 1.29 is 58.2 Å². The number of carbonyl (C=O) groups is 10. The lowest BCUT2D eigenvalue weighted by Crippen LogP contribution is -2.61. The number of H-pyrrole nitrogens is 1. The van der Waals surface area contributed by atoms with E-state index in [0.29, 0.717) is 56.3 Å². The van der Waals surface area contributed by atoms with Crippen LogP contribution in [0.15, 0.2) is 47.8 Å². The maximum Gasteiger partial charge on any atom is 0.326 e. The first-order chi connectivity index (χ1) is 39.1. The number of carbonyl (C=O) groups excluding carboxylic acids is 9. The van der Waals surface area contributed by atoms with E-state index in [9.17, 15) is 58.2 Å². The van der Waals surface area contributed by atoms with Gasteiger partial charge in [0.15, 0.2) is 5.96 Å². The number of benzene rings is 1. The van der Waals surface area contributed by atoms with Crippen molar-refractivity contribution in [2.75, 3.05) is 32.8 Å². The highest BCUT2D eigenvalue weighted by Crippen LogP contribution is 2.24. The molecule has 0 saturated carbocycles. The average molecular weight is 1150 g/mol. The molecule has 26 heteroatoms. The molecular formula is C56H86N14O12. The first-order valence-electron chi connectivity index (χ1n) is 28.8. The van der Waals surface area contributed by atoms with E-state index in [-0.39, 0.29) is 82.4 Å². The van der Waals surface area contributed by atoms with Crippen molar-refractivity contribution in [2.24, 2.45) is 28.3 Å². The SMILES string of the molecule is CCCCCC(=O)N1CCC[C@H]1C(=O)N[C@@H](CC(C)C)C(=O)N[C@@H](Cc1cnc[nH]1)C(=O)N[C@@H](CO)C(=O)N[C@@H](CCCN=C(N)N)C(=O)N[C@H](C(=O)N1CCC[C@H]1C(=O)N[C@@H](Cc1ccccc1)C(=O)N1CCC[C@H]1C(=O)O)C(C)C. The number of unbranched alkanes of at least 4 members (excludes halogenated alkanes) is 2. The molecule has 3 saturated heterocycles. The number of aliphatic carboxylic acids is 1. The van der Waals surface area contributed by atoms with Gasteiger partial charge in [0.05, 0.1) is 12.9 Å². The van der Waals surface area contributed by atoms with E-state index in [1.807, 2.05) is 20.8 Å². The Morgan fingerprint density at radius 3 is 1.82 bits per heavy atom. The highest BCUT2D eigenvalue weighted by atomic mass is 16.4. The number of aliphatic imine (C=N–C) groups is 1. The molecule has 0 unspecified atom stereocenters. The van der Waals surface area contributed by atoms with E-state index in [4.69, 9.17) is 11.5 Å². The van der Waals surface area contributed by atoms with E-state index in [1.165, 1.54) is 22.3 Å². The van der Waals surface area contributed by atoms with Crippen molar-refractivity contribution in [1.82, 2.24) is 56.6 Å². The number of aliphatic hydroxyl groups excluding tert-OH is 1. The minimum Gasteiger partial charge on any atom is -0.480 e. The molecule has 3 aliphatic heterocycles. The summed E-state index contributed by atoms with van der Waals surface area (Å²) < 4.78 is 0. The Bertz CT molecular complexity index is 2530. The van der Waals surface area contributed by atoms with Crippen LogP contribution in [0.25, 0.3) is 0 Å². The molecule has 5 rings (SSSR count). The van der Waals surface area contributed by atoms with Crippen LogP contribution in [-0.2, 0) is 60.8 Å². The minimum absolute atomic E-state index is 0.0328. The molecule has 4 heterocycles. The number of aromatic amines is 1. The number of nitrogens with zero attached hydrogens (tertiary/aromatic N) is 5. The van der Waals surface area contributed by atoms with Gasteiger partial charge in [-0.1, -0.05) is 77.8 Å². The van der Waals surface area contributed by atoms with Crippen LogP contribution in [0.4, 0.5) is 0 Å². The van der Waals surface area contributed by atoms with Gasteiger partial charge in [-0.25, -0.2) is 9.78 Å². The lowest BCUT2D eigenvalue weighted by molar-refractivity contribution is -0.150. The van der Waals surface area contributed by atoms with Gasteiger partial charge in [-0.2, -0.15) is 0 Å². The summed E-state index contributed by atoms with van der Waals surface area (Å²) in [5.41, 5.74) is 12.2. The fourth-order valence-electron chi connectivity index (χ4n) is 10.6. The number of hydrogen-bond donors (Lipinski definition) is 11. The van der Waals surface area contributed by atoms with Crippen LogP contribution in [-0.4, -0.2) is 187 Å². The summed E-state index contributed by atoms with van der Waals surface area (Å²) in [6.07, 6.45) is 8.15. The van der Waals surface area contributed by atoms with Gasteiger partial charge < -0.3 is 73.3 Å². The number of nitrogens with two attached hydrogens (primary N) is 2. The quantitative estimate of drug-likeness (QED) is 0.0257. The number of amides is 9. The fraction of sp³-hybridized carbons (Fsp3) is 0.643. The first kappa shape index (κ1) is 65.2. The van der Waals surface area contributed by atoms with Gasteiger partial charge in [-0.05, 0) is 81.6 Å². The lowest BCUT2D eigenvalue weighted by atomic mass is 10.0. The summed E-state index contributed by atoms with van der Waals surface area (Å²) in [5.74, 6) is -7.94. The third-order valence-electron chi connectivity index (χ3n) is 15.0. The third-order valence-corrected chi connectivity index (χ3v) is 15.0. The maximum atomic E-state index is 14.6. The second-order valence-corrected chi connectivity index (χ2v) is 22.2. The summed E-state index contributed by atoms with van der Waals surface area (Å²) in [5, 5.41) is 36.7. The van der Waals surface area contributed by atoms with Gasteiger partial charge in [0.25, 0.3) is 0 Å². The van der Waals surface area contributed by atoms with Crippen LogP contribution in [0.1, 0.15) is 129 Å². The van der Waals surface area contributed by atoms with E-state index in [2.05, 4.69) is 46.9 Å². The van der Waals surface area contributed by atoms with Crippen molar-refractivity contribution in [1.29, 1.82) is 0 Å². The summed E-state index contributed by atoms with van der Waals surface area (Å²) in [6.45, 7) is 8.93. The highest BCUT2D eigenvalue weighted by Gasteiger charge is 2.43. The summed E-state index contributed by atoms with van der Waals surface area (Å²) in [7, 11) is 0. The Morgan fingerprint density at radius 2 is 1.23 bits per heavy atom. The van der Waals surface area contributed by atoms with Gasteiger partial charge in [0, 0.05) is 57.3 Å². The molecule has 9 amide bonds. The summed E-state index contributed by atoms with van der Waals surface area (Å²) in [4.78, 5) is 154. The number of aliphatic hydroxyl groups is 1. The molecule has 26 nitrogen and oxygen atoms in total. The Hall–Kier alpha value is -7.64. The number of hydrogen-bond acceptors (Lipinski definition) is 13. The molecule has 2 aromatic rings. The third kappa shape index (κ3) is 19.0. The number of rotatable bonds is 31. The zero-order chi connectivity index (χ0) is 60.0. The molecule has 3 aliphatic rings. The summed E-state index contributed by atoms with van der Waals surface area (Å²) >= 11 is 0. The number of imidazole rings is 1. The second-order valence-electron chi connectivity index (χ2n) is 22.2. The number of aromatic nitrogens is 2. The van der Waals surface area contributed by atoms with Crippen LogP contribution in [0.5, 0.6) is 0 Å². The molecule has 0 aliphatic carbocycles. The molecule has 3 fully saturated rings. The Kier molecular flexibility index (Phi) is 25.5. The van der Waals surface area contributed by atoms with Crippen molar-refractivity contribution in [3.8, 4) is 0 Å². The predicted octanol–water partition coefficient (Wildman–Crippen LogP) is -0.510. The predicted molar refractivity (Wildman–Crippen MR) is 301 cm³/mol. The maximum absolute atomic E-state index is 14.6. The van der Waals surface area contributed by atoms with Crippen LogP contribution in [0, 0.1) is 11.8 Å². The van der Waals surface area contributed by atoms with Gasteiger partial charge in [-0.15, -0.1) is 0 Å². The standard InChI is InChI=1S/C56H86N14O12/c1-6-7-9-22-45(72)68-24-13-19-42(68)51(77)64-38(27-33(2)3)48(74)63-39(29-36-30-59-32-61-36)49(75)66-41(31-71)50(76)62-37(18-12-23-60-56(57)58)47(73)67-46(34(4)5)54(80)69-25-14-20-43(69)52(78)65-40(28-35-16-10-8-11-17-35)53(79)70-26-15-21-44(70)55(81)82/h8,10-11,16-17,30,32-34,37-44,46,71H,6-7,9,12-15,18-29,31H2,1-5H3,(H,59,61)(H,62,76)(H,63,74)(H,64,77)(H,65,78)(H,66,75)(H,67,73)(H,81,82)(H4,57,58,60)/t37-,38-,39-,40-,41-,42-,43-,44-,46-/m0/s1. The van der Waals surface area contributed by atoms with Crippen molar-refractivity contribution >= 4 is 65.1 Å². The van der Waals surface area contributed by atoms with Gasteiger partial charge >= 0.3 is 5.97 Å². The zero-order valence-corrected chi connectivity index (χ0v) is 47.9. The summed E-state index contributed by atoms with van der Waals surface area (Å²) in [6, 6.07) is -1.99. The van der Waals surface area contributed by atoms with E-state index in [0.717, 1.165) is 12.8 Å². The van der Waals surface area contributed by atoms with E-state index < -0.39 is 120 Å². The molecule has 82 heavy (non-hydrogen) atoms. The van der Waals surface area contributed by atoms with Gasteiger partial charge in [-0.3, -0.25) is 48.1 Å². The van der Waals surface area contributed by atoms with Gasteiger partial charge in [0.2, 0.25) is 53.2 Å². The van der Waals surface area contributed by atoms with Crippen LogP contribution in [0.2, 0.25) is 0 Å². The lowest BCUT2D eigenvalue weighted by Gasteiger charge is -2.33. The number of guanidine groups is 1. The number of likely N-dealkylation sites (tertiary alicyclic amines) is 3.